The average Bonchev–Trinajstić information content (AvgIpc) is 3.03. The number of nitrogens with zero attached hydrogens (tertiary/aromatic N) is 1. The standard InChI is InChI=1S/C13H11N3/c1-2-5-11(13-7-9-15-16-13)10(4-1)12-6-3-8-14-12/h1-9,14H,(H,15,16). The van der Waals surface area contributed by atoms with E-state index in [4.69, 9.17) is 0 Å². The van der Waals surface area contributed by atoms with Crippen molar-refractivity contribution in [3.05, 3.63) is 54.9 Å². The van der Waals surface area contributed by atoms with Crippen molar-refractivity contribution in [1.29, 1.82) is 0 Å². The molecule has 16 heavy (non-hydrogen) atoms. The van der Waals surface area contributed by atoms with Crippen LogP contribution in [-0.2, 0) is 0 Å². The Balaban J connectivity index is 2.19. The Hall–Kier alpha value is -2.29. The van der Waals surface area contributed by atoms with Gasteiger partial charge in [-0.3, -0.25) is 5.10 Å². The molecule has 3 aromatic rings. The van der Waals surface area contributed by atoms with E-state index in [0.29, 0.717) is 0 Å². The van der Waals surface area contributed by atoms with Crippen LogP contribution in [0.4, 0.5) is 0 Å². The van der Waals surface area contributed by atoms with Crippen LogP contribution < -0.4 is 0 Å². The third-order valence-corrected chi connectivity index (χ3v) is 2.61. The summed E-state index contributed by atoms with van der Waals surface area (Å²) in [5.41, 5.74) is 4.48. The lowest BCUT2D eigenvalue weighted by Crippen LogP contribution is -1.84. The smallest absolute Gasteiger partial charge is 0.0656 e. The van der Waals surface area contributed by atoms with Crippen LogP contribution in [0.15, 0.2) is 54.9 Å². The molecule has 0 spiro atoms. The highest BCUT2D eigenvalue weighted by atomic mass is 15.1. The van der Waals surface area contributed by atoms with Gasteiger partial charge in [-0.05, 0) is 18.2 Å². The minimum atomic E-state index is 1.03. The van der Waals surface area contributed by atoms with Gasteiger partial charge in [-0.15, -0.1) is 0 Å². The van der Waals surface area contributed by atoms with Gasteiger partial charge in [-0.1, -0.05) is 24.3 Å². The molecule has 0 aliphatic heterocycles. The third-order valence-electron chi connectivity index (χ3n) is 2.61. The van der Waals surface area contributed by atoms with E-state index in [0.717, 1.165) is 17.0 Å². The molecule has 0 fully saturated rings. The molecule has 0 saturated carbocycles. The molecule has 0 saturated heterocycles. The number of aromatic nitrogens is 3. The van der Waals surface area contributed by atoms with Gasteiger partial charge in [0.05, 0.1) is 5.69 Å². The van der Waals surface area contributed by atoms with Crippen molar-refractivity contribution in [1.82, 2.24) is 15.2 Å². The molecule has 3 heteroatoms. The summed E-state index contributed by atoms with van der Waals surface area (Å²) in [5.74, 6) is 0. The second-order valence-electron chi connectivity index (χ2n) is 3.60. The van der Waals surface area contributed by atoms with Crippen LogP contribution >= 0.6 is 0 Å². The Morgan fingerprint density at radius 2 is 1.62 bits per heavy atom. The van der Waals surface area contributed by atoms with Crippen LogP contribution in [-0.4, -0.2) is 15.2 Å². The first-order valence-corrected chi connectivity index (χ1v) is 5.18. The van der Waals surface area contributed by atoms with Crippen molar-refractivity contribution in [2.75, 3.05) is 0 Å². The van der Waals surface area contributed by atoms with Gasteiger partial charge in [0, 0.05) is 29.2 Å². The molecule has 0 amide bonds. The Bertz CT molecular complexity index is 512. The van der Waals surface area contributed by atoms with E-state index in [2.05, 4.69) is 33.4 Å². The fourth-order valence-corrected chi connectivity index (χ4v) is 1.86. The lowest BCUT2D eigenvalue weighted by Gasteiger charge is -2.05. The summed E-state index contributed by atoms with van der Waals surface area (Å²) in [6.07, 6.45) is 3.69. The van der Waals surface area contributed by atoms with Crippen LogP contribution in [0, 0.1) is 0 Å². The van der Waals surface area contributed by atoms with Crippen LogP contribution in [0.2, 0.25) is 0 Å². The zero-order valence-corrected chi connectivity index (χ0v) is 8.64. The molecule has 2 heterocycles. The van der Waals surface area contributed by atoms with Crippen molar-refractivity contribution in [2.24, 2.45) is 0 Å². The van der Waals surface area contributed by atoms with Gasteiger partial charge in [0.15, 0.2) is 0 Å². The molecule has 3 nitrogen and oxygen atoms in total. The summed E-state index contributed by atoms with van der Waals surface area (Å²) >= 11 is 0. The molecule has 78 valence electrons. The molecule has 3 rings (SSSR count). The number of H-pyrrole nitrogens is 2. The maximum Gasteiger partial charge on any atom is 0.0656 e. The topological polar surface area (TPSA) is 44.5 Å². The number of hydrogen-bond donors (Lipinski definition) is 2. The minimum absolute atomic E-state index is 1.03. The second kappa shape index (κ2) is 3.70. The molecular formula is C13H11N3. The summed E-state index contributed by atoms with van der Waals surface area (Å²) < 4.78 is 0. The number of benzene rings is 1. The van der Waals surface area contributed by atoms with Gasteiger partial charge in [-0.2, -0.15) is 5.10 Å². The SMILES string of the molecule is c1c[nH]c(-c2ccccc2-c2ccn[nH]2)c1. The summed E-state index contributed by atoms with van der Waals surface area (Å²) in [7, 11) is 0. The molecule has 0 atom stereocenters. The molecule has 0 aliphatic rings. The van der Waals surface area contributed by atoms with E-state index in [1.54, 1.807) is 6.20 Å². The van der Waals surface area contributed by atoms with Gasteiger partial charge in [0.25, 0.3) is 0 Å². The molecule has 2 aromatic heterocycles. The van der Waals surface area contributed by atoms with E-state index in [-0.39, 0.29) is 0 Å². The number of hydrogen-bond acceptors (Lipinski definition) is 1. The molecule has 1 aromatic carbocycles. The predicted molar refractivity (Wildman–Crippen MR) is 63.8 cm³/mol. The van der Waals surface area contributed by atoms with Crippen molar-refractivity contribution >= 4 is 0 Å². The highest BCUT2D eigenvalue weighted by Crippen LogP contribution is 2.29. The van der Waals surface area contributed by atoms with E-state index < -0.39 is 0 Å². The van der Waals surface area contributed by atoms with Crippen molar-refractivity contribution in [3.8, 4) is 22.5 Å². The summed E-state index contributed by atoms with van der Waals surface area (Å²) in [5, 5.41) is 6.98. The van der Waals surface area contributed by atoms with Gasteiger partial charge < -0.3 is 4.98 Å². The highest BCUT2D eigenvalue weighted by molar-refractivity contribution is 5.79. The highest BCUT2D eigenvalue weighted by Gasteiger charge is 2.07. The predicted octanol–water partition coefficient (Wildman–Crippen LogP) is 3.07. The van der Waals surface area contributed by atoms with Crippen LogP contribution in [0.3, 0.4) is 0 Å². The summed E-state index contributed by atoms with van der Waals surface area (Å²) in [6, 6.07) is 14.3. The van der Waals surface area contributed by atoms with E-state index >= 15 is 0 Å². The van der Waals surface area contributed by atoms with Crippen molar-refractivity contribution in [2.45, 2.75) is 0 Å². The number of aromatic amines is 2. The van der Waals surface area contributed by atoms with Crippen molar-refractivity contribution < 1.29 is 0 Å². The average molecular weight is 209 g/mol. The lowest BCUT2D eigenvalue weighted by molar-refractivity contribution is 1.10. The maximum atomic E-state index is 3.99. The quantitative estimate of drug-likeness (QED) is 0.669. The van der Waals surface area contributed by atoms with Gasteiger partial charge in [0.2, 0.25) is 0 Å². The number of rotatable bonds is 2. The first kappa shape index (κ1) is 8.97. The zero-order valence-electron chi connectivity index (χ0n) is 8.64. The Morgan fingerprint density at radius 3 is 2.25 bits per heavy atom. The van der Waals surface area contributed by atoms with Gasteiger partial charge in [-0.25, -0.2) is 0 Å². The second-order valence-corrected chi connectivity index (χ2v) is 3.60. The summed E-state index contributed by atoms with van der Waals surface area (Å²) in [6.45, 7) is 0. The first-order chi connectivity index (χ1) is 7.95. The lowest BCUT2D eigenvalue weighted by atomic mass is 10.0. The van der Waals surface area contributed by atoms with Gasteiger partial charge in [0.1, 0.15) is 0 Å². The molecular weight excluding hydrogens is 198 g/mol. The van der Waals surface area contributed by atoms with E-state index in [1.807, 2.05) is 30.5 Å². The van der Waals surface area contributed by atoms with Crippen molar-refractivity contribution in [3.63, 3.8) is 0 Å². The Kier molecular flexibility index (Phi) is 2.07. The summed E-state index contributed by atoms with van der Waals surface area (Å²) in [4.78, 5) is 3.22. The monoisotopic (exact) mass is 209 g/mol. The minimum Gasteiger partial charge on any atom is -0.361 e. The number of nitrogens with one attached hydrogen (secondary N) is 2. The molecule has 0 unspecified atom stereocenters. The molecule has 0 radical (unpaired) electrons. The normalized spacial score (nSPS) is 10.5. The molecule has 0 bridgehead atoms. The van der Waals surface area contributed by atoms with Gasteiger partial charge >= 0.3 is 0 Å². The van der Waals surface area contributed by atoms with Crippen LogP contribution in [0.25, 0.3) is 22.5 Å². The maximum absolute atomic E-state index is 3.99. The fraction of sp³-hybridized carbons (Fsp3) is 0. The Morgan fingerprint density at radius 1 is 0.812 bits per heavy atom. The Labute approximate surface area is 93.2 Å². The van der Waals surface area contributed by atoms with E-state index in [1.165, 1.54) is 5.56 Å². The zero-order chi connectivity index (χ0) is 10.8. The van der Waals surface area contributed by atoms with Crippen LogP contribution in [0.5, 0.6) is 0 Å². The van der Waals surface area contributed by atoms with Crippen LogP contribution in [0.1, 0.15) is 0 Å². The first-order valence-electron chi connectivity index (χ1n) is 5.18. The van der Waals surface area contributed by atoms with E-state index in [9.17, 15) is 0 Å². The largest absolute Gasteiger partial charge is 0.361 e. The molecule has 2 N–H and O–H groups in total. The third kappa shape index (κ3) is 1.42. The fourth-order valence-electron chi connectivity index (χ4n) is 1.86. The molecule has 0 aliphatic carbocycles.